The molecule has 3 rings (SSSR count). The first-order valence-electron chi connectivity index (χ1n) is 8.19. The number of nitrogens with one attached hydrogen (secondary N) is 2. The maximum atomic E-state index is 12.6. The molecular weight excluding hydrogens is 350 g/mol. The summed E-state index contributed by atoms with van der Waals surface area (Å²) in [6.45, 7) is 5.86. The number of hydrogen-bond acceptors (Lipinski definition) is 3. The molecule has 2 aromatic carbocycles. The van der Waals surface area contributed by atoms with Gasteiger partial charge in [0.2, 0.25) is 10.0 Å². The van der Waals surface area contributed by atoms with Gasteiger partial charge in [0.15, 0.2) is 0 Å². The molecule has 3 aromatic rings. The lowest BCUT2D eigenvalue weighted by atomic mass is 10.1. The van der Waals surface area contributed by atoms with Crippen LogP contribution in [-0.4, -0.2) is 19.3 Å². The summed E-state index contributed by atoms with van der Waals surface area (Å²) < 4.78 is 22.6. The molecule has 6 nitrogen and oxygen atoms in total. The van der Waals surface area contributed by atoms with Crippen LogP contribution in [0.2, 0.25) is 0 Å². The SMILES string of the molecule is Cc1cc(C)c2cc(C(=O)NC(C)c3ccc(S(N)(=O)=O)cc3)[nH]c2c1. The van der Waals surface area contributed by atoms with Crippen molar-refractivity contribution in [2.24, 2.45) is 5.14 Å². The van der Waals surface area contributed by atoms with Gasteiger partial charge in [-0.3, -0.25) is 4.79 Å². The van der Waals surface area contributed by atoms with Crippen LogP contribution in [0.4, 0.5) is 0 Å². The number of carbonyl (C=O) groups excluding carboxylic acids is 1. The molecule has 1 amide bonds. The zero-order chi connectivity index (χ0) is 19.1. The second-order valence-electron chi connectivity index (χ2n) is 6.54. The highest BCUT2D eigenvalue weighted by atomic mass is 32.2. The minimum atomic E-state index is -3.73. The highest BCUT2D eigenvalue weighted by molar-refractivity contribution is 7.89. The van der Waals surface area contributed by atoms with Crippen molar-refractivity contribution in [1.82, 2.24) is 10.3 Å². The fourth-order valence-corrected chi connectivity index (χ4v) is 3.54. The second kappa shape index (κ2) is 6.59. The third kappa shape index (κ3) is 3.63. The number of amides is 1. The van der Waals surface area contributed by atoms with Crippen molar-refractivity contribution in [2.75, 3.05) is 0 Å². The maximum Gasteiger partial charge on any atom is 0.268 e. The van der Waals surface area contributed by atoms with Crippen molar-refractivity contribution in [1.29, 1.82) is 0 Å². The van der Waals surface area contributed by atoms with Crippen molar-refractivity contribution in [2.45, 2.75) is 31.7 Å². The third-order valence-corrected chi connectivity index (χ3v) is 5.32. The molecule has 0 radical (unpaired) electrons. The molecule has 0 bridgehead atoms. The van der Waals surface area contributed by atoms with E-state index in [1.165, 1.54) is 12.1 Å². The topological polar surface area (TPSA) is 105 Å². The Morgan fingerprint density at radius 2 is 1.77 bits per heavy atom. The predicted octanol–water partition coefficient (Wildman–Crippen LogP) is 2.92. The number of fused-ring (bicyclic) bond motifs is 1. The summed E-state index contributed by atoms with van der Waals surface area (Å²) in [6, 6.07) is 11.8. The standard InChI is InChI=1S/C19H21N3O3S/c1-11-8-12(2)16-10-18(22-17(16)9-11)19(23)21-13(3)14-4-6-15(7-5-14)26(20,24)25/h4-10,13,22H,1-3H3,(H,21,23)(H2,20,24,25). The number of aryl methyl sites for hydroxylation is 2. The van der Waals surface area contributed by atoms with E-state index in [1.807, 2.05) is 32.9 Å². The first-order valence-corrected chi connectivity index (χ1v) is 9.73. The van der Waals surface area contributed by atoms with E-state index in [1.54, 1.807) is 12.1 Å². The molecule has 1 atom stereocenters. The van der Waals surface area contributed by atoms with Crippen molar-refractivity contribution < 1.29 is 13.2 Å². The van der Waals surface area contributed by atoms with E-state index in [-0.39, 0.29) is 16.8 Å². The van der Waals surface area contributed by atoms with Gasteiger partial charge in [-0.05, 0) is 61.7 Å². The van der Waals surface area contributed by atoms with Gasteiger partial charge >= 0.3 is 0 Å². The van der Waals surface area contributed by atoms with Crippen LogP contribution in [0.1, 0.15) is 40.1 Å². The number of carbonyl (C=O) groups is 1. The van der Waals surface area contributed by atoms with E-state index < -0.39 is 10.0 Å². The highest BCUT2D eigenvalue weighted by Crippen LogP contribution is 2.22. The normalized spacial score (nSPS) is 12.9. The molecule has 4 N–H and O–H groups in total. The Labute approximate surface area is 152 Å². The van der Waals surface area contributed by atoms with Gasteiger partial charge in [0.05, 0.1) is 10.9 Å². The van der Waals surface area contributed by atoms with Crippen LogP contribution < -0.4 is 10.5 Å². The van der Waals surface area contributed by atoms with E-state index in [2.05, 4.69) is 16.4 Å². The Morgan fingerprint density at radius 1 is 1.12 bits per heavy atom. The zero-order valence-electron chi connectivity index (χ0n) is 14.8. The van der Waals surface area contributed by atoms with Gasteiger partial charge in [-0.15, -0.1) is 0 Å². The molecule has 136 valence electrons. The van der Waals surface area contributed by atoms with E-state index in [0.717, 1.165) is 27.6 Å². The van der Waals surface area contributed by atoms with E-state index in [4.69, 9.17) is 5.14 Å². The maximum absolute atomic E-state index is 12.6. The van der Waals surface area contributed by atoms with Crippen LogP contribution in [0.15, 0.2) is 47.4 Å². The molecule has 0 saturated carbocycles. The van der Waals surface area contributed by atoms with Crippen LogP contribution >= 0.6 is 0 Å². The Morgan fingerprint density at radius 3 is 2.38 bits per heavy atom. The van der Waals surface area contributed by atoms with Crippen LogP contribution in [0, 0.1) is 13.8 Å². The van der Waals surface area contributed by atoms with Crippen molar-refractivity contribution >= 4 is 26.8 Å². The molecule has 0 fully saturated rings. The summed E-state index contributed by atoms with van der Waals surface area (Å²) in [4.78, 5) is 15.8. The molecule has 7 heteroatoms. The summed E-state index contributed by atoms with van der Waals surface area (Å²) >= 11 is 0. The fraction of sp³-hybridized carbons (Fsp3) is 0.211. The molecule has 0 aliphatic rings. The first kappa shape index (κ1) is 18.2. The molecule has 1 aromatic heterocycles. The number of hydrogen-bond donors (Lipinski definition) is 3. The summed E-state index contributed by atoms with van der Waals surface area (Å²) in [7, 11) is -3.73. The number of H-pyrrole nitrogens is 1. The van der Waals surface area contributed by atoms with Gasteiger partial charge in [0.25, 0.3) is 5.91 Å². The van der Waals surface area contributed by atoms with Gasteiger partial charge < -0.3 is 10.3 Å². The highest BCUT2D eigenvalue weighted by Gasteiger charge is 2.15. The van der Waals surface area contributed by atoms with Crippen molar-refractivity contribution in [3.8, 4) is 0 Å². The minimum absolute atomic E-state index is 0.0428. The number of primary sulfonamides is 1. The lowest BCUT2D eigenvalue weighted by molar-refractivity contribution is 0.0935. The molecule has 1 heterocycles. The lowest BCUT2D eigenvalue weighted by Crippen LogP contribution is -2.27. The van der Waals surface area contributed by atoms with E-state index >= 15 is 0 Å². The smallest absolute Gasteiger partial charge is 0.268 e. The first-order chi connectivity index (χ1) is 12.1. The average Bonchev–Trinajstić information content (AvgIpc) is 2.98. The van der Waals surface area contributed by atoms with Gasteiger partial charge in [0, 0.05) is 10.9 Å². The fourth-order valence-electron chi connectivity index (χ4n) is 3.03. The molecule has 26 heavy (non-hydrogen) atoms. The summed E-state index contributed by atoms with van der Waals surface area (Å²) in [5.74, 6) is -0.221. The number of sulfonamides is 1. The predicted molar refractivity (Wildman–Crippen MR) is 101 cm³/mol. The summed E-state index contributed by atoms with van der Waals surface area (Å²) in [5, 5.41) is 9.03. The van der Waals surface area contributed by atoms with Gasteiger partial charge in [-0.1, -0.05) is 18.2 Å². The van der Waals surface area contributed by atoms with Crippen LogP contribution in [0.5, 0.6) is 0 Å². The molecule has 0 aliphatic heterocycles. The summed E-state index contributed by atoms with van der Waals surface area (Å²) in [5.41, 5.74) is 4.45. The molecule has 0 aliphatic carbocycles. The van der Waals surface area contributed by atoms with Crippen LogP contribution in [0.3, 0.4) is 0 Å². The monoisotopic (exact) mass is 371 g/mol. The minimum Gasteiger partial charge on any atom is -0.351 e. The Bertz CT molecular complexity index is 1080. The van der Waals surface area contributed by atoms with Crippen molar-refractivity contribution in [3.63, 3.8) is 0 Å². The molecule has 0 spiro atoms. The Kier molecular flexibility index (Phi) is 4.60. The van der Waals surface area contributed by atoms with Gasteiger partial charge in [0.1, 0.15) is 5.69 Å². The number of aromatic amines is 1. The quantitative estimate of drug-likeness (QED) is 0.656. The molecule has 0 saturated heterocycles. The van der Waals surface area contributed by atoms with Gasteiger partial charge in [-0.2, -0.15) is 0 Å². The number of nitrogens with two attached hydrogens (primary N) is 1. The molecule has 1 unspecified atom stereocenters. The number of rotatable bonds is 4. The number of aromatic nitrogens is 1. The van der Waals surface area contributed by atoms with Gasteiger partial charge in [-0.25, -0.2) is 13.6 Å². The largest absolute Gasteiger partial charge is 0.351 e. The zero-order valence-corrected chi connectivity index (χ0v) is 15.6. The Hall–Kier alpha value is -2.64. The second-order valence-corrected chi connectivity index (χ2v) is 8.10. The number of benzene rings is 2. The van der Waals surface area contributed by atoms with E-state index in [0.29, 0.717) is 5.69 Å². The lowest BCUT2D eigenvalue weighted by Gasteiger charge is -2.14. The molecular formula is C19H21N3O3S. The van der Waals surface area contributed by atoms with E-state index in [9.17, 15) is 13.2 Å². The Balaban J connectivity index is 1.80. The third-order valence-electron chi connectivity index (χ3n) is 4.39. The summed E-state index contributed by atoms with van der Waals surface area (Å²) in [6.07, 6.45) is 0. The van der Waals surface area contributed by atoms with Crippen molar-refractivity contribution in [3.05, 3.63) is 64.8 Å². The average molecular weight is 371 g/mol. The van der Waals surface area contributed by atoms with Crippen LogP contribution in [-0.2, 0) is 10.0 Å². The van der Waals surface area contributed by atoms with Crippen LogP contribution in [0.25, 0.3) is 10.9 Å².